The Balaban J connectivity index is 1.70. The highest BCUT2D eigenvalue weighted by molar-refractivity contribution is 6.30. The van der Waals surface area contributed by atoms with Crippen LogP contribution < -0.4 is 10.2 Å². The molecule has 4 rings (SSSR count). The highest BCUT2D eigenvalue weighted by atomic mass is 35.5. The van der Waals surface area contributed by atoms with Gasteiger partial charge < -0.3 is 9.30 Å². The fourth-order valence-electron chi connectivity index (χ4n) is 5.04. The predicted molar refractivity (Wildman–Crippen MR) is 128 cm³/mol. The predicted octanol–water partition coefficient (Wildman–Crippen LogP) is 5.62. The number of amides is 1. The standard InChI is InChI=1S/C25H35ClN4O2/c1-18-23(25(31)28-29-14-8-5-9-15-29)27-24(21-16-20(26)12-13-22(21)32-2)30(18)17-19-10-6-3-4-7-11-19/h12-13,16,19H,3-11,14-15,17H2,1-2H3,(H,28,31). The quantitative estimate of drug-likeness (QED) is 0.570. The molecule has 2 aromatic rings. The Hall–Kier alpha value is -2.05. The molecule has 1 aromatic heterocycles. The number of carbonyl (C=O) groups excluding carboxylic acids is 1. The van der Waals surface area contributed by atoms with E-state index >= 15 is 0 Å². The van der Waals surface area contributed by atoms with E-state index in [1.807, 2.05) is 30.1 Å². The van der Waals surface area contributed by atoms with Crippen molar-refractivity contribution in [3.8, 4) is 17.1 Å². The van der Waals surface area contributed by atoms with Gasteiger partial charge in [-0.15, -0.1) is 0 Å². The summed E-state index contributed by atoms with van der Waals surface area (Å²) in [7, 11) is 1.65. The lowest BCUT2D eigenvalue weighted by Crippen LogP contribution is -2.45. The van der Waals surface area contributed by atoms with Crippen LogP contribution in [-0.2, 0) is 6.54 Å². The van der Waals surface area contributed by atoms with Crippen LogP contribution in [0, 0.1) is 12.8 Å². The van der Waals surface area contributed by atoms with Gasteiger partial charge in [0.1, 0.15) is 11.6 Å². The summed E-state index contributed by atoms with van der Waals surface area (Å²) in [5, 5.41) is 2.65. The molecule has 0 atom stereocenters. The zero-order valence-corrected chi connectivity index (χ0v) is 20.1. The van der Waals surface area contributed by atoms with Gasteiger partial charge >= 0.3 is 0 Å². The molecule has 1 saturated heterocycles. The third-order valence-electron chi connectivity index (χ3n) is 6.87. The molecule has 0 bridgehead atoms. The van der Waals surface area contributed by atoms with Crippen LogP contribution in [0.5, 0.6) is 5.75 Å². The molecule has 7 heteroatoms. The first-order chi connectivity index (χ1) is 15.6. The molecule has 1 aromatic carbocycles. The minimum absolute atomic E-state index is 0.133. The number of halogens is 1. The molecule has 174 valence electrons. The second-order valence-electron chi connectivity index (χ2n) is 9.17. The number of nitrogens with one attached hydrogen (secondary N) is 1. The van der Waals surface area contributed by atoms with E-state index in [0.717, 1.165) is 49.6 Å². The summed E-state index contributed by atoms with van der Waals surface area (Å²) in [6.07, 6.45) is 11.1. The molecule has 0 radical (unpaired) electrons. The molecule has 1 aliphatic carbocycles. The lowest BCUT2D eigenvalue weighted by molar-refractivity contribution is 0.0744. The molecule has 1 aliphatic heterocycles. The van der Waals surface area contributed by atoms with E-state index in [1.165, 1.54) is 44.9 Å². The highest BCUT2D eigenvalue weighted by Gasteiger charge is 2.26. The van der Waals surface area contributed by atoms with Gasteiger partial charge in [-0.05, 0) is 56.7 Å². The first-order valence-corrected chi connectivity index (χ1v) is 12.4. The first kappa shape index (κ1) is 23.1. The minimum Gasteiger partial charge on any atom is -0.496 e. The van der Waals surface area contributed by atoms with E-state index in [4.69, 9.17) is 21.3 Å². The van der Waals surface area contributed by atoms with Crippen molar-refractivity contribution in [2.24, 2.45) is 5.92 Å². The van der Waals surface area contributed by atoms with E-state index in [2.05, 4.69) is 9.99 Å². The average molecular weight is 459 g/mol. The molecular formula is C25H35ClN4O2. The topological polar surface area (TPSA) is 59.4 Å². The summed E-state index contributed by atoms with van der Waals surface area (Å²) in [6, 6.07) is 5.57. The Labute approximate surface area is 196 Å². The second-order valence-corrected chi connectivity index (χ2v) is 9.61. The van der Waals surface area contributed by atoms with Crippen molar-refractivity contribution in [1.82, 2.24) is 20.0 Å². The minimum atomic E-state index is -0.133. The summed E-state index contributed by atoms with van der Waals surface area (Å²) in [6.45, 7) is 4.65. The maximum Gasteiger partial charge on any atom is 0.286 e. The lowest BCUT2D eigenvalue weighted by Gasteiger charge is -2.26. The van der Waals surface area contributed by atoms with Crippen molar-refractivity contribution in [1.29, 1.82) is 0 Å². The molecular weight excluding hydrogens is 424 g/mol. The molecule has 2 aliphatic rings. The summed E-state index contributed by atoms with van der Waals surface area (Å²) in [5.41, 5.74) is 5.30. The van der Waals surface area contributed by atoms with Crippen LogP contribution in [0.4, 0.5) is 0 Å². The van der Waals surface area contributed by atoms with Crippen LogP contribution in [0.3, 0.4) is 0 Å². The van der Waals surface area contributed by atoms with Gasteiger partial charge in [-0.3, -0.25) is 10.2 Å². The number of nitrogens with zero attached hydrogens (tertiary/aromatic N) is 3. The normalized spacial score (nSPS) is 18.3. The van der Waals surface area contributed by atoms with E-state index in [1.54, 1.807) is 7.11 Å². The molecule has 32 heavy (non-hydrogen) atoms. The highest BCUT2D eigenvalue weighted by Crippen LogP contribution is 2.35. The Morgan fingerprint density at radius 2 is 1.81 bits per heavy atom. The average Bonchev–Trinajstić information content (AvgIpc) is 2.95. The van der Waals surface area contributed by atoms with Crippen LogP contribution in [0.1, 0.15) is 74.0 Å². The van der Waals surface area contributed by atoms with Crippen LogP contribution >= 0.6 is 11.6 Å². The smallest absolute Gasteiger partial charge is 0.286 e. The van der Waals surface area contributed by atoms with Crippen molar-refractivity contribution < 1.29 is 9.53 Å². The number of ether oxygens (including phenoxy) is 1. The Morgan fingerprint density at radius 1 is 1.12 bits per heavy atom. The third kappa shape index (κ3) is 5.29. The van der Waals surface area contributed by atoms with Gasteiger partial charge in [-0.2, -0.15) is 0 Å². The number of aromatic nitrogens is 2. The van der Waals surface area contributed by atoms with Crippen molar-refractivity contribution in [3.05, 3.63) is 34.6 Å². The number of benzene rings is 1. The van der Waals surface area contributed by atoms with Gasteiger partial charge in [0.2, 0.25) is 0 Å². The van der Waals surface area contributed by atoms with Crippen molar-refractivity contribution in [3.63, 3.8) is 0 Å². The summed E-state index contributed by atoms with van der Waals surface area (Å²) in [5.74, 6) is 1.93. The molecule has 1 N–H and O–H groups in total. The molecule has 0 unspecified atom stereocenters. The fraction of sp³-hybridized carbons (Fsp3) is 0.600. The Kier molecular flexibility index (Phi) is 7.74. The molecule has 6 nitrogen and oxygen atoms in total. The summed E-state index contributed by atoms with van der Waals surface area (Å²) in [4.78, 5) is 18.1. The van der Waals surface area contributed by atoms with Crippen molar-refractivity contribution in [2.45, 2.75) is 71.3 Å². The number of hydrogen-bond acceptors (Lipinski definition) is 4. The summed E-state index contributed by atoms with van der Waals surface area (Å²) >= 11 is 6.35. The van der Waals surface area contributed by atoms with Gasteiger partial charge in [-0.1, -0.05) is 43.7 Å². The Bertz CT molecular complexity index is 928. The number of imidazole rings is 1. The SMILES string of the molecule is COc1ccc(Cl)cc1-c1nc(C(=O)NN2CCCCC2)c(C)n1CC1CCCCCC1. The largest absolute Gasteiger partial charge is 0.496 e. The van der Waals surface area contributed by atoms with E-state index in [0.29, 0.717) is 22.4 Å². The maximum atomic E-state index is 13.2. The van der Waals surface area contributed by atoms with Crippen LogP contribution in [-0.4, -0.2) is 40.7 Å². The number of hydrogen-bond donors (Lipinski definition) is 1. The van der Waals surface area contributed by atoms with Gasteiger partial charge in [0, 0.05) is 30.4 Å². The Morgan fingerprint density at radius 3 is 2.50 bits per heavy atom. The number of methoxy groups -OCH3 is 1. The zero-order valence-electron chi connectivity index (χ0n) is 19.3. The monoisotopic (exact) mass is 458 g/mol. The molecule has 2 fully saturated rings. The second kappa shape index (κ2) is 10.7. The van der Waals surface area contributed by atoms with Crippen LogP contribution in [0.2, 0.25) is 5.02 Å². The number of carbonyl (C=O) groups is 1. The molecule has 1 amide bonds. The van der Waals surface area contributed by atoms with E-state index < -0.39 is 0 Å². The zero-order chi connectivity index (χ0) is 22.5. The lowest BCUT2D eigenvalue weighted by atomic mass is 10.00. The van der Waals surface area contributed by atoms with Gasteiger partial charge in [0.15, 0.2) is 5.69 Å². The number of hydrazine groups is 1. The van der Waals surface area contributed by atoms with Gasteiger partial charge in [0.25, 0.3) is 5.91 Å². The molecule has 0 spiro atoms. The summed E-state index contributed by atoms with van der Waals surface area (Å²) < 4.78 is 7.85. The molecule has 1 saturated carbocycles. The van der Waals surface area contributed by atoms with Crippen molar-refractivity contribution in [2.75, 3.05) is 20.2 Å². The maximum absolute atomic E-state index is 13.2. The van der Waals surface area contributed by atoms with Crippen molar-refractivity contribution >= 4 is 17.5 Å². The van der Waals surface area contributed by atoms with Gasteiger partial charge in [0.05, 0.1) is 12.7 Å². The number of rotatable bonds is 6. The van der Waals surface area contributed by atoms with E-state index in [-0.39, 0.29) is 5.91 Å². The van der Waals surface area contributed by atoms with Crippen LogP contribution in [0.15, 0.2) is 18.2 Å². The van der Waals surface area contributed by atoms with Gasteiger partial charge in [-0.25, -0.2) is 9.99 Å². The van der Waals surface area contributed by atoms with Crippen LogP contribution in [0.25, 0.3) is 11.4 Å². The third-order valence-corrected chi connectivity index (χ3v) is 7.10. The van der Waals surface area contributed by atoms with E-state index in [9.17, 15) is 4.79 Å². The molecule has 2 heterocycles. The number of piperidine rings is 1. The fourth-order valence-corrected chi connectivity index (χ4v) is 5.21. The first-order valence-electron chi connectivity index (χ1n) is 12.0.